The lowest BCUT2D eigenvalue weighted by Crippen LogP contribution is -2.45. The van der Waals surface area contributed by atoms with Gasteiger partial charge in [-0.1, -0.05) is 20.8 Å². The van der Waals surface area contributed by atoms with Crippen LogP contribution in [0.4, 0.5) is 4.79 Å². The molecule has 0 bridgehead atoms. The van der Waals surface area contributed by atoms with Crippen LogP contribution < -0.4 is 36.7 Å². The minimum Gasteiger partial charge on any atom is -0.458 e. The van der Waals surface area contributed by atoms with Gasteiger partial charge < -0.3 is 88.2 Å². The number of amides is 3. The Morgan fingerprint density at radius 1 is 0.736 bits per heavy atom. The van der Waals surface area contributed by atoms with Gasteiger partial charge in [0.1, 0.15) is 18.0 Å². The summed E-state index contributed by atoms with van der Waals surface area (Å²) < 4.78 is 67.3. The van der Waals surface area contributed by atoms with Crippen LogP contribution >= 0.6 is 0 Å². The number of benzene rings is 1. The highest BCUT2D eigenvalue weighted by Crippen LogP contribution is 2.43. The van der Waals surface area contributed by atoms with Gasteiger partial charge in [0.05, 0.1) is 141 Å². The van der Waals surface area contributed by atoms with E-state index in [-0.39, 0.29) is 108 Å². The number of pyridine rings is 2. The summed E-state index contributed by atoms with van der Waals surface area (Å²) in [6.07, 6.45) is -0.0181. The molecule has 484 valence electrons. The molecule has 3 amide bonds. The normalized spacial score (nSPS) is 15.6. The largest absolute Gasteiger partial charge is 0.458 e. The molecule has 3 atom stereocenters. The Bertz CT molecular complexity index is 2820. The van der Waals surface area contributed by atoms with Gasteiger partial charge in [-0.2, -0.15) is 0 Å². The van der Waals surface area contributed by atoms with Crippen molar-refractivity contribution < 1.29 is 90.7 Å². The fraction of sp³-hybridized carbons (Fsp3) is 0.672. The van der Waals surface area contributed by atoms with Gasteiger partial charge in [0.15, 0.2) is 22.9 Å². The number of ether oxygens (including phenoxy) is 12. The molecule has 26 heteroatoms. The highest BCUT2D eigenvalue weighted by Gasteiger charge is 2.46. The summed E-state index contributed by atoms with van der Waals surface area (Å²) in [4.78, 5) is 99.3. The van der Waals surface area contributed by atoms with Crippen molar-refractivity contribution >= 4 is 46.3 Å². The number of hydrogen-bond donors (Lipinski definition) is 5. The van der Waals surface area contributed by atoms with Gasteiger partial charge in [-0.25, -0.2) is 14.6 Å². The highest BCUT2D eigenvalue weighted by atomic mass is 16.7. The number of alkyl carbamates (subject to hydrolysis) is 1. The molecule has 0 spiro atoms. The smallest absolute Gasteiger partial charge is 0.407 e. The van der Waals surface area contributed by atoms with Crippen LogP contribution in [-0.2, 0) is 96.6 Å². The van der Waals surface area contributed by atoms with E-state index in [1.165, 1.54) is 4.57 Å². The van der Waals surface area contributed by atoms with E-state index in [4.69, 9.17) is 67.6 Å². The number of aromatic nitrogens is 2. The van der Waals surface area contributed by atoms with E-state index in [1.54, 1.807) is 45.9 Å². The monoisotopic (exact) mass is 1230 g/mol. The van der Waals surface area contributed by atoms with Crippen molar-refractivity contribution in [2.45, 2.75) is 130 Å². The second-order valence-electron chi connectivity index (χ2n) is 22.5. The third-order valence-electron chi connectivity index (χ3n) is 14.6. The summed E-state index contributed by atoms with van der Waals surface area (Å²) in [6, 6.07) is 4.07. The average Bonchev–Trinajstić information content (AvgIpc) is 1.64. The fourth-order valence-electron chi connectivity index (χ4n) is 9.90. The molecule has 0 aliphatic carbocycles. The number of fused-ring (bicyclic) bond motifs is 6. The molecular formula is C61H90N6O20. The van der Waals surface area contributed by atoms with Gasteiger partial charge in [-0.05, 0) is 70.1 Å². The van der Waals surface area contributed by atoms with Crippen molar-refractivity contribution in [1.82, 2.24) is 25.5 Å². The molecule has 0 saturated carbocycles. The number of cyclic esters (lactones) is 1. The van der Waals surface area contributed by atoms with E-state index in [0.717, 1.165) is 0 Å². The second kappa shape index (κ2) is 35.7. The first-order valence-corrected chi connectivity index (χ1v) is 30.2. The minimum atomic E-state index is -2.03. The average molecular weight is 1230 g/mol. The molecule has 0 saturated heterocycles. The predicted molar refractivity (Wildman–Crippen MR) is 315 cm³/mol. The minimum absolute atomic E-state index is 0.00396. The number of esters is 1. The van der Waals surface area contributed by atoms with Crippen LogP contribution in [0, 0.1) is 11.8 Å². The molecule has 87 heavy (non-hydrogen) atoms. The number of aliphatic hydroxyl groups is 1. The van der Waals surface area contributed by atoms with E-state index < -0.39 is 58.4 Å². The van der Waals surface area contributed by atoms with Crippen LogP contribution in [-0.4, -0.2) is 187 Å². The number of Topliss-reactive ketones (excluding diaryl/α,β-unsaturated/α-hetero) is 2. The van der Waals surface area contributed by atoms with Gasteiger partial charge in [-0.15, -0.1) is 0 Å². The van der Waals surface area contributed by atoms with E-state index in [1.807, 2.05) is 13.8 Å². The van der Waals surface area contributed by atoms with E-state index in [9.17, 15) is 38.7 Å². The quantitative estimate of drug-likeness (QED) is 0.0312. The van der Waals surface area contributed by atoms with Crippen LogP contribution in [0.5, 0.6) is 11.5 Å². The van der Waals surface area contributed by atoms with Gasteiger partial charge in [0, 0.05) is 73.8 Å². The molecule has 0 fully saturated rings. The van der Waals surface area contributed by atoms with E-state index in [2.05, 4.69) is 16.0 Å². The van der Waals surface area contributed by atoms with Crippen molar-refractivity contribution in [2.24, 2.45) is 17.6 Å². The third kappa shape index (κ3) is 21.5. The molecule has 3 aliphatic rings. The second-order valence-corrected chi connectivity index (χ2v) is 22.5. The summed E-state index contributed by atoms with van der Waals surface area (Å²) in [6.45, 7) is 17.5. The van der Waals surface area contributed by atoms with Gasteiger partial charge in [0.25, 0.3) is 5.56 Å². The third-order valence-corrected chi connectivity index (χ3v) is 14.6. The standard InChI is InChI=1S/C61H90N6O20/c1-7-61(75)47-34-50-55-45(37-67(50)57(72)46(47)38-84-58(61)73)44(43-33-52-53(86-39-85-52)35-49(43)65-55)36-64-54(70)12-11-51(69)48(10-8-9-15-63-59(74)87-60(4,5)6)66-56(71)42(40(2)3)32-41(68)13-16-76-18-20-78-22-24-80-26-28-82-30-31-83-29-27-81-25-23-79-21-19-77-17-14-62/h33-35,40,42,48,75H,7-32,36-39,62H2,1-6H3,(H,63,74)(H,64,70)(H,66,71)/t42-,48-,61-/m0/s1. The Balaban J connectivity index is 0.942. The zero-order valence-electron chi connectivity index (χ0n) is 51.4. The van der Waals surface area contributed by atoms with E-state index in [0.29, 0.717) is 157 Å². The van der Waals surface area contributed by atoms with Gasteiger partial charge >= 0.3 is 12.1 Å². The lowest BCUT2D eigenvalue weighted by atomic mass is 9.86. The Labute approximate surface area is 507 Å². The molecule has 3 aliphatic heterocycles. The molecule has 6 rings (SSSR count). The first-order valence-electron chi connectivity index (χ1n) is 30.2. The predicted octanol–water partition coefficient (Wildman–Crippen LogP) is 3.67. The number of nitrogens with one attached hydrogen (secondary N) is 3. The van der Waals surface area contributed by atoms with Crippen LogP contribution in [0.2, 0.25) is 0 Å². The molecule has 26 nitrogen and oxygen atoms in total. The zero-order chi connectivity index (χ0) is 62.8. The Morgan fingerprint density at radius 3 is 1.87 bits per heavy atom. The van der Waals surface area contributed by atoms with Crippen LogP contribution in [0.25, 0.3) is 22.3 Å². The maximum atomic E-state index is 14.1. The molecule has 5 heterocycles. The number of rotatable bonds is 43. The number of carbonyl (C=O) groups is 6. The van der Waals surface area contributed by atoms with Crippen LogP contribution in [0.1, 0.15) is 115 Å². The molecule has 0 radical (unpaired) electrons. The van der Waals surface area contributed by atoms with Gasteiger partial charge in [0.2, 0.25) is 18.6 Å². The SMILES string of the molecule is CC[C@@]1(O)C(=O)OCc2c1cc1n(c2=O)Cc2c-1nc1cc3c(cc1c2CNC(=O)CCC(=O)[C@H](CCCCNC(=O)OC(C)(C)C)NC(=O)[C@@H](CC(=O)CCOCCOCCOCCOCCOCCOCCOCCOCCN)C(C)C)OCO3. The highest BCUT2D eigenvalue weighted by molar-refractivity contribution is 5.94. The van der Waals surface area contributed by atoms with Crippen molar-refractivity contribution in [3.8, 4) is 22.9 Å². The molecule has 3 aromatic rings. The Morgan fingerprint density at radius 2 is 1.31 bits per heavy atom. The van der Waals surface area contributed by atoms with Crippen molar-refractivity contribution in [2.75, 3.05) is 126 Å². The first kappa shape index (κ1) is 69.9. The van der Waals surface area contributed by atoms with Crippen LogP contribution in [0.3, 0.4) is 0 Å². The first-order chi connectivity index (χ1) is 41.8. The van der Waals surface area contributed by atoms with Crippen LogP contribution in [0.15, 0.2) is 23.0 Å². The van der Waals surface area contributed by atoms with Crippen molar-refractivity contribution in [1.29, 1.82) is 0 Å². The fourth-order valence-corrected chi connectivity index (χ4v) is 9.90. The lowest BCUT2D eigenvalue weighted by molar-refractivity contribution is -0.172. The Kier molecular flexibility index (Phi) is 28.7. The van der Waals surface area contributed by atoms with Crippen molar-refractivity contribution in [3.05, 3.63) is 50.8 Å². The maximum absolute atomic E-state index is 14.1. The lowest BCUT2D eigenvalue weighted by Gasteiger charge is -2.31. The Hall–Kier alpha value is -6.20. The zero-order valence-corrected chi connectivity index (χ0v) is 51.4. The summed E-state index contributed by atoms with van der Waals surface area (Å²) in [5.41, 5.74) is 5.05. The number of nitrogens with zero attached hydrogens (tertiary/aromatic N) is 2. The summed E-state index contributed by atoms with van der Waals surface area (Å²) in [5.74, 6) is -2.47. The van der Waals surface area contributed by atoms with E-state index >= 15 is 0 Å². The molecular weight excluding hydrogens is 1140 g/mol. The van der Waals surface area contributed by atoms with Gasteiger partial charge in [-0.3, -0.25) is 24.0 Å². The number of nitrogens with two attached hydrogens (primary N) is 1. The maximum Gasteiger partial charge on any atom is 0.407 e. The number of ketones is 2. The summed E-state index contributed by atoms with van der Waals surface area (Å²) >= 11 is 0. The van der Waals surface area contributed by atoms with Crippen molar-refractivity contribution in [3.63, 3.8) is 0 Å². The topological polar surface area (TPSA) is 330 Å². The molecule has 6 N–H and O–H groups in total. The molecule has 2 aromatic heterocycles. The molecule has 1 aromatic carbocycles. The number of hydrogen-bond acceptors (Lipinski definition) is 22. The number of unbranched alkanes of at least 4 members (excludes halogenated alkanes) is 1. The summed E-state index contributed by atoms with van der Waals surface area (Å²) in [5, 5.41) is 20.6. The molecule has 0 unspecified atom stereocenters. The summed E-state index contributed by atoms with van der Waals surface area (Å²) in [7, 11) is 0. The number of carbonyl (C=O) groups excluding carboxylic acids is 6.